The van der Waals surface area contributed by atoms with Gasteiger partial charge in [-0.1, -0.05) is 85.6 Å². The molecule has 0 radical (unpaired) electrons. The van der Waals surface area contributed by atoms with Crippen LogP contribution < -0.4 is 5.56 Å². The summed E-state index contributed by atoms with van der Waals surface area (Å²) in [5, 5.41) is 0.857. The van der Waals surface area contributed by atoms with Crippen molar-refractivity contribution in [2.24, 2.45) is 0 Å². The lowest BCUT2D eigenvalue weighted by molar-refractivity contribution is 0.414. The molecule has 1 spiro atoms. The Morgan fingerprint density at radius 1 is 1.06 bits per heavy atom. The lowest BCUT2D eigenvalue weighted by Gasteiger charge is -2.36. The quantitative estimate of drug-likeness (QED) is 0.352. The molecule has 0 saturated heterocycles. The zero-order valence-electron chi connectivity index (χ0n) is 18.5. The molecule has 4 heteroatoms. The van der Waals surface area contributed by atoms with E-state index < -0.39 is 0 Å². The van der Waals surface area contributed by atoms with Crippen molar-refractivity contribution in [2.45, 2.75) is 75.2 Å². The molecule has 2 aliphatic carbocycles. The number of aromatic nitrogens is 2. The molecule has 2 aromatic carbocycles. The van der Waals surface area contributed by atoms with Crippen molar-refractivity contribution in [2.75, 3.05) is 0 Å². The van der Waals surface area contributed by atoms with E-state index in [1.54, 1.807) is 11.8 Å². The van der Waals surface area contributed by atoms with E-state index in [0.29, 0.717) is 0 Å². The minimum Gasteiger partial charge on any atom is -0.287 e. The lowest BCUT2D eigenvalue weighted by Crippen LogP contribution is -2.40. The van der Waals surface area contributed by atoms with E-state index in [0.717, 1.165) is 60.0 Å². The first-order valence-electron chi connectivity index (χ1n) is 11.5. The summed E-state index contributed by atoms with van der Waals surface area (Å²) in [5.74, 6) is 0.821. The predicted octanol–water partition coefficient (Wildman–Crippen LogP) is 6.29. The highest BCUT2D eigenvalue weighted by molar-refractivity contribution is 7.98. The molecular weight excluding hydrogens is 400 g/mol. The van der Waals surface area contributed by atoms with Crippen molar-refractivity contribution in [3.05, 3.63) is 81.1 Å². The number of hydrogen-bond acceptors (Lipinski definition) is 3. The minimum atomic E-state index is -0.0244. The van der Waals surface area contributed by atoms with Gasteiger partial charge in [-0.25, -0.2) is 4.98 Å². The van der Waals surface area contributed by atoms with Crippen LogP contribution in [0.3, 0.4) is 0 Å². The third kappa shape index (κ3) is 3.65. The highest BCUT2D eigenvalue weighted by Gasteiger charge is 2.44. The van der Waals surface area contributed by atoms with E-state index in [1.165, 1.54) is 29.5 Å². The van der Waals surface area contributed by atoms with Crippen LogP contribution in [0.15, 0.2) is 58.5 Å². The van der Waals surface area contributed by atoms with Gasteiger partial charge < -0.3 is 0 Å². The molecular formula is C27H30N2OS. The van der Waals surface area contributed by atoms with Crippen molar-refractivity contribution in [1.29, 1.82) is 0 Å². The molecule has 31 heavy (non-hydrogen) atoms. The summed E-state index contributed by atoms with van der Waals surface area (Å²) in [7, 11) is 0. The smallest absolute Gasteiger partial charge is 0.258 e. The van der Waals surface area contributed by atoms with Crippen LogP contribution >= 0.6 is 11.8 Å². The molecule has 0 aliphatic heterocycles. The number of thioether (sulfide) groups is 1. The molecule has 1 saturated carbocycles. The standard InChI is InChI=1S/C27H30N2OS/c1-3-16-29-25(30)23-24(28-26(29)31-18-20-12-10-19(2)11-13-20)22-9-5-4-8-21(22)17-27(23)14-6-7-15-27/h4-5,8-13H,3,6-7,14-18H2,1-2H3. The maximum absolute atomic E-state index is 14.0. The molecule has 0 N–H and O–H groups in total. The number of rotatable bonds is 5. The van der Waals surface area contributed by atoms with Gasteiger partial charge in [0, 0.05) is 23.3 Å². The number of nitrogens with zero attached hydrogens (tertiary/aromatic N) is 2. The van der Waals surface area contributed by atoms with Gasteiger partial charge in [0.15, 0.2) is 5.16 Å². The summed E-state index contributed by atoms with van der Waals surface area (Å²) in [4.78, 5) is 19.2. The molecule has 1 aromatic heterocycles. The van der Waals surface area contributed by atoms with Gasteiger partial charge in [0.05, 0.1) is 11.3 Å². The second-order valence-corrected chi connectivity index (χ2v) is 10.1. The Labute approximate surface area is 188 Å². The fourth-order valence-electron chi connectivity index (χ4n) is 5.41. The lowest BCUT2D eigenvalue weighted by atomic mass is 9.68. The van der Waals surface area contributed by atoms with Crippen LogP contribution in [-0.4, -0.2) is 9.55 Å². The van der Waals surface area contributed by atoms with Crippen LogP contribution in [0.1, 0.15) is 61.3 Å². The molecule has 3 nitrogen and oxygen atoms in total. The molecule has 3 aromatic rings. The average molecular weight is 431 g/mol. The molecule has 0 bridgehead atoms. The fourth-order valence-corrected chi connectivity index (χ4v) is 6.38. The van der Waals surface area contributed by atoms with Gasteiger partial charge in [-0.2, -0.15) is 0 Å². The van der Waals surface area contributed by atoms with E-state index in [2.05, 4.69) is 62.4 Å². The zero-order chi connectivity index (χ0) is 21.4. The SMILES string of the molecule is CCCn1c(SCc2ccc(C)cc2)nc2c(c1=O)C1(CCCC1)Cc1ccccc1-2. The Kier molecular flexibility index (Phi) is 5.51. The predicted molar refractivity (Wildman–Crippen MR) is 129 cm³/mol. The van der Waals surface area contributed by atoms with Gasteiger partial charge in [-0.3, -0.25) is 9.36 Å². The summed E-state index contributed by atoms with van der Waals surface area (Å²) >= 11 is 1.69. The van der Waals surface area contributed by atoms with Crippen LogP contribution in [0.25, 0.3) is 11.3 Å². The largest absolute Gasteiger partial charge is 0.287 e. The second kappa shape index (κ2) is 8.31. The van der Waals surface area contributed by atoms with Crippen molar-refractivity contribution in [3.8, 4) is 11.3 Å². The third-order valence-electron chi connectivity index (χ3n) is 6.96. The number of hydrogen-bond donors (Lipinski definition) is 0. The van der Waals surface area contributed by atoms with Gasteiger partial charge in [-0.05, 0) is 43.7 Å². The third-order valence-corrected chi connectivity index (χ3v) is 8.01. The van der Waals surface area contributed by atoms with Crippen LogP contribution in [0.2, 0.25) is 0 Å². The van der Waals surface area contributed by atoms with E-state index in [9.17, 15) is 4.79 Å². The maximum atomic E-state index is 14.0. The van der Waals surface area contributed by atoms with Crippen molar-refractivity contribution in [1.82, 2.24) is 9.55 Å². The Morgan fingerprint density at radius 3 is 2.55 bits per heavy atom. The van der Waals surface area contributed by atoms with E-state index in [1.807, 2.05) is 4.57 Å². The molecule has 0 amide bonds. The summed E-state index contributed by atoms with van der Waals surface area (Å²) in [6.07, 6.45) is 6.54. The average Bonchev–Trinajstić information content (AvgIpc) is 3.23. The van der Waals surface area contributed by atoms with Crippen LogP contribution in [0.4, 0.5) is 0 Å². The molecule has 0 atom stereocenters. The minimum absolute atomic E-state index is 0.0244. The molecule has 0 unspecified atom stereocenters. The Morgan fingerprint density at radius 2 is 1.81 bits per heavy atom. The van der Waals surface area contributed by atoms with E-state index in [4.69, 9.17) is 4.98 Å². The monoisotopic (exact) mass is 430 g/mol. The first-order chi connectivity index (χ1) is 15.1. The van der Waals surface area contributed by atoms with Gasteiger partial charge in [0.1, 0.15) is 0 Å². The van der Waals surface area contributed by atoms with Crippen LogP contribution in [0.5, 0.6) is 0 Å². The second-order valence-electron chi connectivity index (χ2n) is 9.17. The number of fused-ring (bicyclic) bond motifs is 4. The molecule has 1 fully saturated rings. The molecule has 160 valence electrons. The van der Waals surface area contributed by atoms with Crippen molar-refractivity contribution < 1.29 is 0 Å². The fraction of sp³-hybridized carbons (Fsp3) is 0.407. The molecule has 1 heterocycles. The van der Waals surface area contributed by atoms with Crippen LogP contribution in [0, 0.1) is 6.92 Å². The summed E-state index contributed by atoms with van der Waals surface area (Å²) in [6, 6.07) is 17.2. The summed E-state index contributed by atoms with van der Waals surface area (Å²) in [6.45, 7) is 4.98. The first kappa shape index (κ1) is 20.6. The van der Waals surface area contributed by atoms with E-state index >= 15 is 0 Å². The topological polar surface area (TPSA) is 34.9 Å². The highest BCUT2D eigenvalue weighted by atomic mass is 32.2. The molecule has 5 rings (SSSR count). The normalized spacial score (nSPS) is 16.3. The maximum Gasteiger partial charge on any atom is 0.258 e. The van der Waals surface area contributed by atoms with Crippen LogP contribution in [-0.2, 0) is 24.1 Å². The van der Waals surface area contributed by atoms with E-state index in [-0.39, 0.29) is 11.0 Å². The number of benzene rings is 2. The van der Waals surface area contributed by atoms with Crippen molar-refractivity contribution >= 4 is 11.8 Å². The Balaban J connectivity index is 1.64. The van der Waals surface area contributed by atoms with Gasteiger partial charge in [0.2, 0.25) is 0 Å². The summed E-state index contributed by atoms with van der Waals surface area (Å²) in [5.41, 5.74) is 7.17. The van der Waals surface area contributed by atoms with Crippen molar-refractivity contribution in [3.63, 3.8) is 0 Å². The van der Waals surface area contributed by atoms with Gasteiger partial charge in [-0.15, -0.1) is 0 Å². The summed E-state index contributed by atoms with van der Waals surface area (Å²) < 4.78 is 1.96. The first-order valence-corrected chi connectivity index (χ1v) is 12.5. The highest BCUT2D eigenvalue weighted by Crippen LogP contribution is 2.50. The zero-order valence-corrected chi connectivity index (χ0v) is 19.3. The Bertz CT molecular complexity index is 1160. The molecule has 2 aliphatic rings. The number of aryl methyl sites for hydroxylation is 1. The van der Waals surface area contributed by atoms with Gasteiger partial charge in [0.25, 0.3) is 5.56 Å². The Hall–Kier alpha value is -2.33. The van der Waals surface area contributed by atoms with Gasteiger partial charge >= 0.3 is 0 Å².